The minimum absolute atomic E-state index is 0.143. The third-order valence-corrected chi connectivity index (χ3v) is 2.38. The number of nitrogens with one attached hydrogen (secondary N) is 1. The van der Waals surface area contributed by atoms with E-state index in [-0.39, 0.29) is 12.2 Å². The molecule has 3 N–H and O–H groups in total. The second-order valence-corrected chi connectivity index (χ2v) is 4.89. The fourth-order valence-electron chi connectivity index (χ4n) is 1.34. The average Bonchev–Trinajstić information content (AvgIpc) is 2.50. The van der Waals surface area contributed by atoms with Crippen LogP contribution >= 0.6 is 0 Å². The fourth-order valence-corrected chi connectivity index (χ4v) is 1.34. The van der Waals surface area contributed by atoms with E-state index < -0.39 is 5.41 Å². The average molecular weight is 200 g/mol. The highest BCUT2D eigenvalue weighted by Crippen LogP contribution is 2.20. The largest absolute Gasteiger partial charge is 0.446 e. The Bertz CT molecular complexity index is 211. The Balaban J connectivity index is 2.36. The topological polar surface area (TPSA) is 64.3 Å². The number of hydrogen-bond acceptors (Lipinski definition) is 4. The first-order valence-corrected chi connectivity index (χ1v) is 5.08. The third kappa shape index (κ3) is 2.96. The smallest absolute Gasteiger partial charge is 0.312 e. The number of carbonyl (C=O) groups is 1. The molecule has 1 rings (SSSR count). The first-order valence-electron chi connectivity index (χ1n) is 5.08. The third-order valence-electron chi connectivity index (χ3n) is 2.38. The van der Waals surface area contributed by atoms with Gasteiger partial charge in [-0.15, -0.1) is 0 Å². The molecule has 0 radical (unpaired) electrons. The van der Waals surface area contributed by atoms with Crippen molar-refractivity contribution in [3.8, 4) is 0 Å². The summed E-state index contributed by atoms with van der Waals surface area (Å²) in [5.41, 5.74) is 5.10. The minimum Gasteiger partial charge on any atom is -0.446 e. The molecule has 14 heavy (non-hydrogen) atoms. The maximum absolute atomic E-state index is 11.5. The normalized spacial score (nSPS) is 27.7. The summed E-state index contributed by atoms with van der Waals surface area (Å²) in [4.78, 5) is 11.5. The molecule has 0 saturated carbocycles. The van der Waals surface area contributed by atoms with Crippen LogP contribution in [0, 0.1) is 11.3 Å². The van der Waals surface area contributed by atoms with Crippen LogP contribution in [-0.4, -0.2) is 25.3 Å². The van der Waals surface area contributed by atoms with Crippen molar-refractivity contribution in [2.45, 2.75) is 33.4 Å². The molecule has 1 aliphatic rings. The SMILES string of the molecule is CC(C)(C)C(=O)OC1C[C@H](CN)CN1. The van der Waals surface area contributed by atoms with E-state index >= 15 is 0 Å². The highest BCUT2D eigenvalue weighted by molar-refractivity contribution is 5.75. The van der Waals surface area contributed by atoms with E-state index in [2.05, 4.69) is 5.32 Å². The van der Waals surface area contributed by atoms with Crippen molar-refractivity contribution in [3.05, 3.63) is 0 Å². The Morgan fingerprint density at radius 1 is 1.57 bits per heavy atom. The maximum Gasteiger partial charge on any atom is 0.312 e. The first kappa shape index (κ1) is 11.5. The second kappa shape index (κ2) is 4.28. The number of nitrogens with two attached hydrogens (primary N) is 1. The van der Waals surface area contributed by atoms with Gasteiger partial charge in [-0.25, -0.2) is 0 Å². The molecule has 4 nitrogen and oxygen atoms in total. The maximum atomic E-state index is 11.5. The molecule has 0 spiro atoms. The van der Waals surface area contributed by atoms with Gasteiger partial charge in [-0.3, -0.25) is 10.1 Å². The standard InChI is InChI=1S/C10H20N2O2/c1-10(2,3)9(13)14-8-4-7(5-11)6-12-8/h7-8,12H,4-6,11H2,1-3H3/t7-,8?/m1/s1. The molecule has 0 aliphatic carbocycles. The van der Waals surface area contributed by atoms with Crippen molar-refractivity contribution in [1.29, 1.82) is 0 Å². The summed E-state index contributed by atoms with van der Waals surface area (Å²) in [7, 11) is 0. The number of hydrogen-bond donors (Lipinski definition) is 2. The monoisotopic (exact) mass is 200 g/mol. The van der Waals surface area contributed by atoms with Gasteiger partial charge in [0.15, 0.2) is 6.23 Å². The molecule has 0 aromatic heterocycles. The van der Waals surface area contributed by atoms with Gasteiger partial charge in [-0.1, -0.05) is 0 Å². The Morgan fingerprint density at radius 2 is 2.21 bits per heavy atom. The van der Waals surface area contributed by atoms with Gasteiger partial charge in [0.2, 0.25) is 0 Å². The molecule has 2 atom stereocenters. The number of esters is 1. The van der Waals surface area contributed by atoms with Crippen molar-refractivity contribution in [2.75, 3.05) is 13.1 Å². The van der Waals surface area contributed by atoms with E-state index in [4.69, 9.17) is 10.5 Å². The Kier molecular flexibility index (Phi) is 3.50. The van der Waals surface area contributed by atoms with Crippen LogP contribution in [0.1, 0.15) is 27.2 Å². The van der Waals surface area contributed by atoms with Crippen LogP contribution in [0.25, 0.3) is 0 Å². The Morgan fingerprint density at radius 3 is 2.64 bits per heavy atom. The molecule has 0 amide bonds. The molecular weight excluding hydrogens is 180 g/mol. The summed E-state index contributed by atoms with van der Waals surface area (Å²) >= 11 is 0. The molecule has 1 aliphatic heterocycles. The minimum atomic E-state index is -0.428. The molecular formula is C10H20N2O2. The van der Waals surface area contributed by atoms with Crippen molar-refractivity contribution in [3.63, 3.8) is 0 Å². The number of rotatable bonds is 2. The Labute approximate surface area is 85.2 Å². The molecule has 1 unspecified atom stereocenters. The zero-order valence-corrected chi connectivity index (χ0v) is 9.17. The van der Waals surface area contributed by atoms with Crippen LogP contribution in [0.4, 0.5) is 0 Å². The summed E-state index contributed by atoms with van der Waals surface area (Å²) in [5.74, 6) is 0.278. The zero-order chi connectivity index (χ0) is 10.8. The van der Waals surface area contributed by atoms with Crippen LogP contribution in [0.3, 0.4) is 0 Å². The fraction of sp³-hybridized carbons (Fsp3) is 0.900. The van der Waals surface area contributed by atoms with Crippen molar-refractivity contribution >= 4 is 5.97 Å². The van der Waals surface area contributed by atoms with Crippen LogP contribution in [-0.2, 0) is 9.53 Å². The lowest BCUT2D eigenvalue weighted by atomic mass is 9.97. The molecule has 1 heterocycles. The molecule has 4 heteroatoms. The molecule has 0 bridgehead atoms. The van der Waals surface area contributed by atoms with Gasteiger partial charge in [0.25, 0.3) is 0 Å². The lowest BCUT2D eigenvalue weighted by molar-refractivity contribution is -0.159. The predicted octanol–water partition coefficient (Wildman–Crippen LogP) is 0.470. The van der Waals surface area contributed by atoms with Crippen molar-refractivity contribution in [2.24, 2.45) is 17.1 Å². The van der Waals surface area contributed by atoms with E-state index in [1.54, 1.807) is 0 Å². The predicted molar refractivity (Wildman–Crippen MR) is 54.5 cm³/mol. The molecule has 0 aromatic carbocycles. The molecule has 0 aromatic rings. The number of ether oxygens (including phenoxy) is 1. The molecule has 1 saturated heterocycles. The van der Waals surface area contributed by atoms with Crippen LogP contribution < -0.4 is 11.1 Å². The van der Waals surface area contributed by atoms with Crippen molar-refractivity contribution in [1.82, 2.24) is 5.32 Å². The van der Waals surface area contributed by atoms with Crippen LogP contribution in [0.15, 0.2) is 0 Å². The highest BCUT2D eigenvalue weighted by atomic mass is 16.6. The number of carbonyl (C=O) groups excluding carboxylic acids is 1. The van der Waals surface area contributed by atoms with Crippen LogP contribution in [0.2, 0.25) is 0 Å². The quantitative estimate of drug-likeness (QED) is 0.636. The van der Waals surface area contributed by atoms with Crippen molar-refractivity contribution < 1.29 is 9.53 Å². The molecule has 1 fully saturated rings. The summed E-state index contributed by atoms with van der Waals surface area (Å²) in [5, 5.41) is 3.14. The van der Waals surface area contributed by atoms with Gasteiger partial charge in [0.1, 0.15) is 0 Å². The summed E-state index contributed by atoms with van der Waals surface area (Å²) < 4.78 is 5.30. The lowest BCUT2D eigenvalue weighted by Gasteiger charge is -2.20. The first-order chi connectivity index (χ1) is 6.43. The van der Waals surface area contributed by atoms with Gasteiger partial charge >= 0.3 is 5.97 Å². The van der Waals surface area contributed by atoms with Gasteiger partial charge in [0, 0.05) is 13.0 Å². The molecule has 82 valence electrons. The second-order valence-electron chi connectivity index (χ2n) is 4.89. The van der Waals surface area contributed by atoms with E-state index in [9.17, 15) is 4.79 Å². The summed E-state index contributed by atoms with van der Waals surface area (Å²) in [6.45, 7) is 7.05. The zero-order valence-electron chi connectivity index (χ0n) is 9.17. The Hall–Kier alpha value is -0.610. The van der Waals surface area contributed by atoms with E-state index in [0.717, 1.165) is 13.0 Å². The van der Waals surface area contributed by atoms with Gasteiger partial charge < -0.3 is 10.5 Å². The lowest BCUT2D eigenvalue weighted by Crippen LogP contribution is -2.33. The van der Waals surface area contributed by atoms with E-state index in [0.29, 0.717) is 12.5 Å². The van der Waals surface area contributed by atoms with E-state index in [1.807, 2.05) is 20.8 Å². The van der Waals surface area contributed by atoms with Gasteiger partial charge in [-0.2, -0.15) is 0 Å². The van der Waals surface area contributed by atoms with Crippen LogP contribution in [0.5, 0.6) is 0 Å². The highest BCUT2D eigenvalue weighted by Gasteiger charge is 2.30. The van der Waals surface area contributed by atoms with E-state index in [1.165, 1.54) is 0 Å². The summed E-state index contributed by atoms with van der Waals surface area (Å²) in [6, 6.07) is 0. The summed E-state index contributed by atoms with van der Waals surface area (Å²) in [6.07, 6.45) is 0.688. The van der Waals surface area contributed by atoms with Gasteiger partial charge in [-0.05, 0) is 33.2 Å². The van der Waals surface area contributed by atoms with Gasteiger partial charge in [0.05, 0.1) is 5.41 Å².